The third kappa shape index (κ3) is 5.91. The van der Waals surface area contributed by atoms with E-state index < -0.39 is 5.60 Å². The molecule has 0 amide bonds. The molecule has 0 saturated carbocycles. The van der Waals surface area contributed by atoms with Crippen molar-refractivity contribution in [3.05, 3.63) is 0 Å². The van der Waals surface area contributed by atoms with Crippen LogP contribution < -0.4 is 0 Å². The van der Waals surface area contributed by atoms with Crippen molar-refractivity contribution in [1.29, 1.82) is 5.26 Å². The van der Waals surface area contributed by atoms with Gasteiger partial charge < -0.3 is 9.47 Å². The molecule has 0 aliphatic rings. The molecule has 0 aromatic carbocycles. The van der Waals surface area contributed by atoms with E-state index in [0.717, 1.165) is 0 Å². The Labute approximate surface area is 121 Å². The molecule has 0 aromatic rings. The first-order valence-corrected chi connectivity index (χ1v) is 3.84. The van der Waals surface area contributed by atoms with E-state index in [0.29, 0.717) is 19.5 Å². The summed E-state index contributed by atoms with van der Waals surface area (Å²) in [6.45, 7) is 4.29. The monoisotopic (exact) mass is 211 g/mol. The van der Waals surface area contributed by atoms with Crippen molar-refractivity contribution in [2.75, 3.05) is 19.8 Å². The molecule has 0 N–H and O–H groups in total. The van der Waals surface area contributed by atoms with Crippen molar-refractivity contribution in [3.63, 3.8) is 0 Å². The molecule has 0 aliphatic carbocycles. The second kappa shape index (κ2) is 9.28. The molecule has 0 bridgehead atoms. The van der Waals surface area contributed by atoms with Gasteiger partial charge in [-0.25, -0.2) is 0 Å². The van der Waals surface area contributed by atoms with Gasteiger partial charge >= 0.3 is 51.4 Å². The van der Waals surface area contributed by atoms with E-state index in [2.05, 4.69) is 0 Å². The number of rotatable bonds is 6. The number of carbonyl (C=O) groups is 1. The Morgan fingerprint density at radius 2 is 2.08 bits per heavy atom. The second-order valence-corrected chi connectivity index (χ2v) is 2.19. The molecule has 0 fully saturated rings. The normalized spacial score (nSPS) is 13.6. The van der Waals surface area contributed by atoms with Crippen LogP contribution in [-0.2, 0) is 14.3 Å². The van der Waals surface area contributed by atoms with Crippen LogP contribution >= 0.6 is 0 Å². The van der Waals surface area contributed by atoms with Crippen LogP contribution in [-0.4, -0.2) is 83.1 Å². The van der Waals surface area contributed by atoms with Gasteiger partial charge in [0.2, 0.25) is 5.60 Å². The van der Waals surface area contributed by atoms with Gasteiger partial charge in [-0.05, 0) is 13.8 Å². The van der Waals surface area contributed by atoms with Crippen molar-refractivity contribution in [3.8, 4) is 6.07 Å². The average molecular weight is 211 g/mol. The molecule has 70 valence electrons. The number of nitriles is 1. The van der Waals surface area contributed by atoms with Crippen molar-refractivity contribution in [2.24, 2.45) is 0 Å². The number of nitrogens with zero attached hydrogens (tertiary/aromatic N) is 1. The summed E-state index contributed by atoms with van der Waals surface area (Å²) in [6, 6.07) is 1.79. The van der Waals surface area contributed by atoms with Crippen LogP contribution in [0.1, 0.15) is 13.8 Å². The van der Waals surface area contributed by atoms with Crippen LogP contribution in [0.2, 0.25) is 0 Å². The predicted molar refractivity (Wildman–Crippen MR) is 49.7 cm³/mol. The Bertz CT molecular complexity index is 181. The van der Waals surface area contributed by atoms with E-state index in [-0.39, 0.29) is 58.0 Å². The topological polar surface area (TPSA) is 59.3 Å². The number of hydrogen-bond donors (Lipinski definition) is 0. The number of aldehydes is 1. The number of ether oxygens (including phenoxy) is 2. The van der Waals surface area contributed by atoms with Crippen LogP contribution in [0.15, 0.2) is 0 Å². The fraction of sp³-hybridized carbons (Fsp3) is 0.750. The van der Waals surface area contributed by atoms with Gasteiger partial charge in [-0.1, -0.05) is 0 Å². The van der Waals surface area contributed by atoms with Gasteiger partial charge in [-0.2, -0.15) is 5.26 Å². The predicted octanol–water partition coefficient (Wildman–Crippen LogP) is -0.128. The fourth-order valence-corrected chi connectivity index (χ4v) is 0.712. The molecule has 0 aliphatic heterocycles. The quantitative estimate of drug-likeness (QED) is 0.454. The van der Waals surface area contributed by atoms with Gasteiger partial charge in [0.15, 0.2) is 6.29 Å². The van der Waals surface area contributed by atoms with Crippen molar-refractivity contribution < 1.29 is 14.3 Å². The molecule has 0 heterocycles. The Morgan fingerprint density at radius 1 is 1.46 bits per heavy atom. The van der Waals surface area contributed by atoms with Gasteiger partial charge in [-0.15, -0.1) is 0 Å². The molecule has 0 saturated heterocycles. The maximum absolute atomic E-state index is 10.5. The summed E-state index contributed by atoms with van der Waals surface area (Å²) in [5.74, 6) is 0. The average Bonchev–Trinajstić information content (AvgIpc) is 2.13. The minimum atomic E-state index is -1.41. The molecule has 0 aromatic heterocycles. The minimum absolute atomic E-state index is 0. The van der Waals surface area contributed by atoms with Crippen LogP contribution in [0.25, 0.3) is 0 Å². The Morgan fingerprint density at radius 3 is 2.38 bits per heavy atom. The van der Waals surface area contributed by atoms with Crippen molar-refractivity contribution in [2.45, 2.75) is 19.4 Å². The third-order valence-corrected chi connectivity index (χ3v) is 1.30. The Balaban J connectivity index is 0. The van der Waals surface area contributed by atoms with Crippen molar-refractivity contribution in [1.82, 2.24) is 0 Å². The van der Waals surface area contributed by atoms with E-state index >= 15 is 0 Å². The Kier molecular flexibility index (Phi) is 11.5. The van der Waals surface area contributed by atoms with Gasteiger partial charge in [0, 0.05) is 13.2 Å². The molecule has 0 spiro atoms. The molecule has 1 atom stereocenters. The molecule has 5 heteroatoms. The first-order valence-electron chi connectivity index (χ1n) is 3.84. The Hall–Kier alpha value is 0.716. The molecule has 0 rings (SSSR count). The summed E-state index contributed by atoms with van der Waals surface area (Å²) in [5.41, 5.74) is -1.41. The maximum atomic E-state index is 10.5. The zero-order valence-corrected chi connectivity index (χ0v) is 7.37. The van der Waals surface area contributed by atoms with E-state index in [4.69, 9.17) is 14.7 Å². The zero-order valence-electron chi connectivity index (χ0n) is 7.37. The van der Waals surface area contributed by atoms with E-state index in [1.807, 2.05) is 0 Å². The van der Waals surface area contributed by atoms with Gasteiger partial charge in [-0.3, -0.25) is 4.79 Å². The molecule has 13 heavy (non-hydrogen) atoms. The van der Waals surface area contributed by atoms with E-state index in [9.17, 15) is 4.79 Å². The van der Waals surface area contributed by atoms with Crippen LogP contribution in [0, 0.1) is 11.3 Å². The molecule has 0 radical (unpaired) electrons. The summed E-state index contributed by atoms with van der Waals surface area (Å²) in [4.78, 5) is 10.5. The molecule has 4 nitrogen and oxygen atoms in total. The number of hydrogen-bond acceptors (Lipinski definition) is 4. The SMILES string of the molecule is CCOCC(C#N)(C=O)OCC.[KH]. The summed E-state index contributed by atoms with van der Waals surface area (Å²) >= 11 is 0. The van der Waals surface area contributed by atoms with Gasteiger partial charge in [0.1, 0.15) is 6.07 Å². The third-order valence-electron chi connectivity index (χ3n) is 1.30. The van der Waals surface area contributed by atoms with E-state index in [1.165, 1.54) is 0 Å². The van der Waals surface area contributed by atoms with Crippen LogP contribution in [0.3, 0.4) is 0 Å². The van der Waals surface area contributed by atoms with Crippen molar-refractivity contribution >= 4 is 57.7 Å². The fourth-order valence-electron chi connectivity index (χ4n) is 0.712. The van der Waals surface area contributed by atoms with Crippen LogP contribution in [0.4, 0.5) is 0 Å². The summed E-state index contributed by atoms with van der Waals surface area (Å²) < 4.78 is 9.93. The van der Waals surface area contributed by atoms with Gasteiger partial charge in [0.05, 0.1) is 6.61 Å². The first kappa shape index (κ1) is 16.2. The van der Waals surface area contributed by atoms with Gasteiger partial charge in [0.25, 0.3) is 0 Å². The zero-order chi connectivity index (χ0) is 9.45. The molecular weight excluding hydrogens is 197 g/mol. The second-order valence-electron chi connectivity index (χ2n) is 2.19. The summed E-state index contributed by atoms with van der Waals surface area (Å²) in [7, 11) is 0. The van der Waals surface area contributed by atoms with E-state index in [1.54, 1.807) is 19.9 Å². The summed E-state index contributed by atoms with van der Waals surface area (Å²) in [6.07, 6.45) is 0.478. The summed E-state index contributed by atoms with van der Waals surface area (Å²) in [5, 5.41) is 8.65. The van der Waals surface area contributed by atoms with Crippen LogP contribution in [0.5, 0.6) is 0 Å². The number of carbonyl (C=O) groups excluding carboxylic acids is 1. The standard InChI is InChI=1S/C8H13NO3.K.H/c1-3-11-7-8(5-9,6-10)12-4-2;;/h6H,3-4,7H2,1-2H3;;. The molecular formula is C8H14KNO3. The molecule has 1 unspecified atom stereocenters. The first-order chi connectivity index (χ1) is 5.74.